The zero-order chi connectivity index (χ0) is 13.8. The van der Waals surface area contributed by atoms with E-state index in [9.17, 15) is 9.59 Å². The molecular weight excluding hydrogens is 236 g/mol. The van der Waals surface area contributed by atoms with Crippen LogP contribution in [-0.4, -0.2) is 38.4 Å². The number of unbranched alkanes of at least 4 members (excludes halogenated alkanes) is 2. The van der Waals surface area contributed by atoms with Crippen LogP contribution in [0.1, 0.15) is 46.0 Å². The van der Waals surface area contributed by atoms with Crippen LogP contribution < -0.4 is 0 Å². The van der Waals surface area contributed by atoms with Crippen LogP contribution in [0.15, 0.2) is 0 Å². The molecule has 0 aromatic carbocycles. The first-order chi connectivity index (χ1) is 8.65. The van der Waals surface area contributed by atoms with Crippen molar-refractivity contribution in [3.05, 3.63) is 0 Å². The highest BCUT2D eigenvalue weighted by atomic mass is 16.6. The molecule has 5 heteroatoms. The zero-order valence-corrected chi connectivity index (χ0v) is 11.6. The van der Waals surface area contributed by atoms with Crippen LogP contribution in [0.2, 0.25) is 0 Å². The second-order valence-electron chi connectivity index (χ2n) is 4.02. The summed E-state index contributed by atoms with van der Waals surface area (Å²) in [6, 6.07) is 0. The van der Waals surface area contributed by atoms with Crippen molar-refractivity contribution < 1.29 is 23.8 Å². The minimum atomic E-state index is -0.865. The Morgan fingerprint density at radius 3 is 2.06 bits per heavy atom. The van der Waals surface area contributed by atoms with Crippen molar-refractivity contribution in [2.75, 3.05) is 20.3 Å². The van der Waals surface area contributed by atoms with Gasteiger partial charge in [0.05, 0.1) is 19.6 Å². The molecule has 0 aromatic heterocycles. The number of carbonyl (C=O) groups is 2. The standard InChI is InChI=1S/C13H24O5/c1-4-6-8-17-12(14)10-11(16-3)13(15)18-9-7-5-2/h11H,4-10H2,1-3H3/t11-/m1/s1. The number of hydrogen-bond donors (Lipinski definition) is 0. The number of hydrogen-bond acceptors (Lipinski definition) is 5. The largest absolute Gasteiger partial charge is 0.466 e. The molecule has 0 radical (unpaired) electrons. The van der Waals surface area contributed by atoms with E-state index < -0.39 is 18.0 Å². The normalized spacial score (nSPS) is 11.9. The van der Waals surface area contributed by atoms with Crippen LogP contribution in [0.4, 0.5) is 0 Å². The summed E-state index contributed by atoms with van der Waals surface area (Å²) in [5.74, 6) is -0.930. The maximum Gasteiger partial charge on any atom is 0.335 e. The average molecular weight is 260 g/mol. The lowest BCUT2D eigenvalue weighted by molar-refractivity contribution is -0.162. The highest BCUT2D eigenvalue weighted by molar-refractivity contribution is 5.81. The van der Waals surface area contributed by atoms with E-state index in [0.29, 0.717) is 13.2 Å². The monoisotopic (exact) mass is 260 g/mol. The van der Waals surface area contributed by atoms with Crippen molar-refractivity contribution in [1.29, 1.82) is 0 Å². The highest BCUT2D eigenvalue weighted by Gasteiger charge is 2.23. The lowest BCUT2D eigenvalue weighted by Crippen LogP contribution is -2.29. The molecule has 0 aliphatic carbocycles. The Kier molecular flexibility index (Phi) is 10.3. The van der Waals surface area contributed by atoms with Gasteiger partial charge in [0.15, 0.2) is 6.10 Å². The van der Waals surface area contributed by atoms with Crippen LogP contribution in [0, 0.1) is 0 Å². The predicted molar refractivity (Wildman–Crippen MR) is 67.1 cm³/mol. The van der Waals surface area contributed by atoms with Crippen LogP contribution in [0.3, 0.4) is 0 Å². The Bertz CT molecular complexity index is 240. The van der Waals surface area contributed by atoms with Gasteiger partial charge in [-0.05, 0) is 12.8 Å². The fourth-order valence-electron chi connectivity index (χ4n) is 1.21. The molecule has 1 atom stereocenters. The molecule has 0 saturated carbocycles. The molecule has 0 bridgehead atoms. The topological polar surface area (TPSA) is 61.8 Å². The number of methoxy groups -OCH3 is 1. The van der Waals surface area contributed by atoms with Crippen LogP contribution >= 0.6 is 0 Å². The van der Waals surface area contributed by atoms with E-state index in [1.807, 2.05) is 13.8 Å². The molecule has 0 aromatic rings. The maximum atomic E-state index is 11.6. The lowest BCUT2D eigenvalue weighted by atomic mass is 10.2. The fraction of sp³-hybridized carbons (Fsp3) is 0.846. The maximum absolute atomic E-state index is 11.6. The van der Waals surface area contributed by atoms with Crippen LogP contribution in [0.5, 0.6) is 0 Å². The first-order valence-electron chi connectivity index (χ1n) is 6.50. The van der Waals surface area contributed by atoms with Gasteiger partial charge in [0.2, 0.25) is 0 Å². The van der Waals surface area contributed by atoms with E-state index in [0.717, 1.165) is 25.7 Å². The van der Waals surface area contributed by atoms with E-state index >= 15 is 0 Å². The van der Waals surface area contributed by atoms with Crippen molar-refractivity contribution in [2.24, 2.45) is 0 Å². The van der Waals surface area contributed by atoms with Gasteiger partial charge in [-0.15, -0.1) is 0 Å². The number of rotatable bonds is 10. The first kappa shape index (κ1) is 16.9. The third-order valence-electron chi connectivity index (χ3n) is 2.40. The summed E-state index contributed by atoms with van der Waals surface area (Å²) in [5, 5.41) is 0. The highest BCUT2D eigenvalue weighted by Crippen LogP contribution is 2.04. The Hall–Kier alpha value is -1.10. The number of esters is 2. The molecule has 5 nitrogen and oxygen atoms in total. The summed E-state index contributed by atoms with van der Waals surface area (Å²) >= 11 is 0. The van der Waals surface area contributed by atoms with Gasteiger partial charge >= 0.3 is 11.9 Å². The summed E-state index contributed by atoms with van der Waals surface area (Å²) in [4.78, 5) is 23.0. The summed E-state index contributed by atoms with van der Waals surface area (Å²) < 4.78 is 14.9. The van der Waals surface area contributed by atoms with Gasteiger partial charge in [-0.25, -0.2) is 4.79 Å². The van der Waals surface area contributed by atoms with E-state index in [2.05, 4.69) is 0 Å². The van der Waals surface area contributed by atoms with Crippen molar-refractivity contribution in [1.82, 2.24) is 0 Å². The minimum absolute atomic E-state index is 0.0921. The molecule has 0 spiro atoms. The summed E-state index contributed by atoms with van der Waals surface area (Å²) in [7, 11) is 1.38. The van der Waals surface area contributed by atoms with Gasteiger partial charge in [0.25, 0.3) is 0 Å². The van der Waals surface area contributed by atoms with Crippen LogP contribution in [-0.2, 0) is 23.8 Å². The number of ether oxygens (including phenoxy) is 3. The van der Waals surface area contributed by atoms with Gasteiger partial charge in [0, 0.05) is 7.11 Å². The van der Waals surface area contributed by atoms with Gasteiger partial charge in [-0.1, -0.05) is 26.7 Å². The van der Waals surface area contributed by atoms with Gasteiger partial charge in [-0.2, -0.15) is 0 Å². The van der Waals surface area contributed by atoms with Crippen molar-refractivity contribution in [3.63, 3.8) is 0 Å². The lowest BCUT2D eigenvalue weighted by Gasteiger charge is -2.13. The molecular formula is C13H24O5. The third kappa shape index (κ3) is 8.06. The summed E-state index contributed by atoms with van der Waals surface area (Å²) in [5.41, 5.74) is 0. The smallest absolute Gasteiger partial charge is 0.335 e. The van der Waals surface area contributed by atoms with E-state index in [4.69, 9.17) is 14.2 Å². The molecule has 0 saturated heterocycles. The molecule has 0 heterocycles. The quantitative estimate of drug-likeness (QED) is 0.444. The second-order valence-corrected chi connectivity index (χ2v) is 4.02. The molecule has 0 amide bonds. The molecule has 106 valence electrons. The van der Waals surface area contributed by atoms with E-state index in [1.54, 1.807) is 0 Å². The number of carbonyl (C=O) groups excluding carboxylic acids is 2. The molecule has 0 aliphatic rings. The third-order valence-corrected chi connectivity index (χ3v) is 2.40. The Morgan fingerprint density at radius 1 is 1.00 bits per heavy atom. The Balaban J connectivity index is 3.93. The van der Waals surface area contributed by atoms with Gasteiger partial charge < -0.3 is 14.2 Å². The Morgan fingerprint density at radius 2 is 1.56 bits per heavy atom. The van der Waals surface area contributed by atoms with E-state index in [1.165, 1.54) is 7.11 Å². The molecule has 0 N–H and O–H groups in total. The predicted octanol–water partition coefficient (Wildman–Crippen LogP) is 2.08. The SMILES string of the molecule is CCCCOC(=O)C[C@@H](OC)C(=O)OCCCC. The van der Waals surface area contributed by atoms with Crippen molar-refractivity contribution >= 4 is 11.9 Å². The summed E-state index contributed by atoms with van der Waals surface area (Å²) in [6.45, 7) is 4.76. The fourth-order valence-corrected chi connectivity index (χ4v) is 1.21. The Labute approximate surface area is 109 Å². The van der Waals surface area contributed by atoms with Crippen molar-refractivity contribution in [3.8, 4) is 0 Å². The first-order valence-corrected chi connectivity index (χ1v) is 6.50. The second kappa shape index (κ2) is 11.0. The molecule has 18 heavy (non-hydrogen) atoms. The molecule has 0 aliphatic heterocycles. The summed E-state index contributed by atoms with van der Waals surface area (Å²) in [6.07, 6.45) is 2.58. The minimum Gasteiger partial charge on any atom is -0.466 e. The molecule has 0 fully saturated rings. The van der Waals surface area contributed by atoms with Crippen LogP contribution in [0.25, 0.3) is 0 Å². The molecule has 0 unspecified atom stereocenters. The van der Waals surface area contributed by atoms with Gasteiger partial charge in [-0.3, -0.25) is 4.79 Å². The van der Waals surface area contributed by atoms with Gasteiger partial charge in [0.1, 0.15) is 0 Å². The average Bonchev–Trinajstić information content (AvgIpc) is 2.36. The van der Waals surface area contributed by atoms with Crippen molar-refractivity contribution in [2.45, 2.75) is 52.1 Å². The zero-order valence-electron chi connectivity index (χ0n) is 11.6. The van der Waals surface area contributed by atoms with E-state index in [-0.39, 0.29) is 6.42 Å². The molecule has 0 rings (SSSR count).